The van der Waals surface area contributed by atoms with E-state index in [2.05, 4.69) is 4.98 Å². The zero-order valence-corrected chi connectivity index (χ0v) is 14.9. The molecule has 0 N–H and O–H groups in total. The molecule has 0 saturated carbocycles. The van der Waals surface area contributed by atoms with Gasteiger partial charge in [0.05, 0.1) is 28.9 Å². The van der Waals surface area contributed by atoms with Gasteiger partial charge in [0.15, 0.2) is 0 Å². The summed E-state index contributed by atoms with van der Waals surface area (Å²) in [7, 11) is 0. The van der Waals surface area contributed by atoms with E-state index in [4.69, 9.17) is 4.74 Å². The zero-order chi connectivity index (χ0) is 19.5. The highest BCUT2D eigenvalue weighted by atomic mass is 16.5. The lowest BCUT2D eigenvalue weighted by molar-refractivity contribution is -0.137. The number of rotatable bonds is 5. The van der Waals surface area contributed by atoms with Crippen LogP contribution in [0, 0.1) is 0 Å². The summed E-state index contributed by atoms with van der Waals surface area (Å²) in [4.78, 5) is 41.9. The number of ether oxygens (including phenoxy) is 1. The summed E-state index contributed by atoms with van der Waals surface area (Å²) in [5.41, 5.74) is 2.22. The lowest BCUT2D eigenvalue weighted by atomic mass is 10.1. The molecule has 0 fully saturated rings. The first-order chi connectivity index (χ1) is 13.6. The Kier molecular flexibility index (Phi) is 4.68. The van der Waals surface area contributed by atoms with E-state index >= 15 is 0 Å². The van der Waals surface area contributed by atoms with E-state index in [1.807, 2.05) is 36.4 Å². The fourth-order valence-corrected chi connectivity index (χ4v) is 3.06. The molecule has 6 nitrogen and oxygen atoms in total. The predicted octanol–water partition coefficient (Wildman–Crippen LogP) is 3.09. The summed E-state index contributed by atoms with van der Waals surface area (Å²) in [5.74, 6) is -1.30. The zero-order valence-electron chi connectivity index (χ0n) is 14.9. The predicted molar refractivity (Wildman–Crippen MR) is 104 cm³/mol. The summed E-state index contributed by atoms with van der Waals surface area (Å²) < 4.78 is 5.11. The number of aromatic nitrogens is 1. The second-order valence-electron chi connectivity index (χ2n) is 6.24. The maximum absolute atomic E-state index is 12.2. The summed E-state index contributed by atoms with van der Waals surface area (Å²) in [5, 5.41) is 1.02. The number of carbonyl (C=O) groups is 3. The van der Waals surface area contributed by atoms with Crippen LogP contribution in [0.4, 0.5) is 0 Å². The third kappa shape index (κ3) is 3.40. The summed E-state index contributed by atoms with van der Waals surface area (Å²) in [6.07, 6.45) is 2.84. The van der Waals surface area contributed by atoms with Gasteiger partial charge in [-0.3, -0.25) is 14.5 Å². The van der Waals surface area contributed by atoms with Crippen LogP contribution in [0.15, 0.2) is 66.7 Å². The normalized spacial score (nSPS) is 13.4. The molecule has 1 aliphatic heterocycles. The van der Waals surface area contributed by atoms with Gasteiger partial charge in [-0.25, -0.2) is 9.78 Å². The molecule has 0 bridgehead atoms. The van der Waals surface area contributed by atoms with E-state index in [9.17, 15) is 14.4 Å². The van der Waals surface area contributed by atoms with Gasteiger partial charge in [-0.05, 0) is 30.3 Å². The van der Waals surface area contributed by atoms with Crippen molar-refractivity contribution in [2.45, 2.75) is 0 Å². The first-order valence-electron chi connectivity index (χ1n) is 8.79. The molecule has 1 aliphatic rings. The van der Waals surface area contributed by atoms with Crippen molar-refractivity contribution in [3.05, 3.63) is 83.6 Å². The van der Waals surface area contributed by atoms with Crippen LogP contribution in [-0.2, 0) is 9.53 Å². The molecule has 2 amide bonds. The van der Waals surface area contributed by atoms with Crippen molar-refractivity contribution >= 4 is 34.8 Å². The highest BCUT2D eigenvalue weighted by Gasteiger charge is 2.34. The van der Waals surface area contributed by atoms with Crippen LogP contribution in [0.1, 0.15) is 26.4 Å². The number of fused-ring (bicyclic) bond motifs is 2. The smallest absolute Gasteiger partial charge is 0.330 e. The third-order valence-corrected chi connectivity index (χ3v) is 4.45. The average molecular weight is 372 g/mol. The third-order valence-electron chi connectivity index (χ3n) is 4.45. The average Bonchev–Trinajstić information content (AvgIpc) is 2.97. The Bertz CT molecular complexity index is 1090. The number of nitrogens with zero attached hydrogens (tertiary/aromatic N) is 2. The Hall–Kier alpha value is -3.80. The van der Waals surface area contributed by atoms with Gasteiger partial charge in [0.2, 0.25) is 0 Å². The van der Waals surface area contributed by atoms with Gasteiger partial charge >= 0.3 is 5.97 Å². The highest BCUT2D eigenvalue weighted by molar-refractivity contribution is 6.21. The van der Waals surface area contributed by atoms with E-state index < -0.39 is 5.97 Å². The minimum Gasteiger partial charge on any atom is -0.461 e. The largest absolute Gasteiger partial charge is 0.461 e. The second kappa shape index (κ2) is 7.44. The molecule has 1 aromatic heterocycles. The molecule has 0 unspecified atom stereocenters. The van der Waals surface area contributed by atoms with Gasteiger partial charge < -0.3 is 4.74 Å². The van der Waals surface area contributed by atoms with Gasteiger partial charge in [0.25, 0.3) is 11.8 Å². The SMILES string of the molecule is O=C(/C=C/c1ccc2ccccc2n1)OCCN1C(=O)c2ccccc2C1=O. The first kappa shape index (κ1) is 17.6. The second-order valence-corrected chi connectivity index (χ2v) is 6.24. The maximum Gasteiger partial charge on any atom is 0.330 e. The Balaban J connectivity index is 1.33. The van der Waals surface area contributed by atoms with Crippen molar-refractivity contribution in [3.63, 3.8) is 0 Å². The summed E-state index contributed by atoms with van der Waals surface area (Å²) in [6.45, 7) is -0.0556. The molecule has 4 rings (SSSR count). The summed E-state index contributed by atoms with van der Waals surface area (Å²) in [6, 6.07) is 18.1. The Morgan fingerprint density at radius 3 is 2.36 bits per heavy atom. The van der Waals surface area contributed by atoms with Gasteiger partial charge in [0.1, 0.15) is 6.61 Å². The van der Waals surface area contributed by atoms with Crippen LogP contribution in [0.3, 0.4) is 0 Å². The fourth-order valence-electron chi connectivity index (χ4n) is 3.06. The number of imide groups is 1. The van der Waals surface area contributed by atoms with Crippen molar-refractivity contribution < 1.29 is 19.1 Å². The molecule has 28 heavy (non-hydrogen) atoms. The van der Waals surface area contributed by atoms with Gasteiger partial charge in [-0.15, -0.1) is 0 Å². The van der Waals surface area contributed by atoms with E-state index in [0.717, 1.165) is 15.8 Å². The molecule has 0 aliphatic carbocycles. The molecule has 2 aromatic carbocycles. The molecule has 138 valence electrons. The maximum atomic E-state index is 12.2. The molecule has 3 aromatic rings. The molecule has 0 atom stereocenters. The van der Waals surface area contributed by atoms with E-state index in [0.29, 0.717) is 16.8 Å². The lowest BCUT2D eigenvalue weighted by Gasteiger charge is -2.13. The molecule has 6 heteroatoms. The van der Waals surface area contributed by atoms with Gasteiger partial charge in [-0.2, -0.15) is 0 Å². The number of hydrogen-bond donors (Lipinski definition) is 0. The van der Waals surface area contributed by atoms with Crippen molar-refractivity contribution in [1.82, 2.24) is 9.88 Å². The number of carbonyl (C=O) groups excluding carboxylic acids is 3. The van der Waals surface area contributed by atoms with Crippen LogP contribution < -0.4 is 0 Å². The van der Waals surface area contributed by atoms with Crippen molar-refractivity contribution in [3.8, 4) is 0 Å². The van der Waals surface area contributed by atoms with Gasteiger partial charge in [-0.1, -0.05) is 36.4 Å². The minimum absolute atomic E-state index is 0.0140. The number of amides is 2. The number of para-hydroxylation sites is 1. The van der Waals surface area contributed by atoms with Crippen LogP contribution in [-0.4, -0.2) is 40.8 Å². The Morgan fingerprint density at radius 1 is 0.929 bits per heavy atom. The van der Waals surface area contributed by atoms with Crippen LogP contribution in [0.25, 0.3) is 17.0 Å². The standard InChI is InChI=1S/C22H16N2O4/c25-20(12-11-16-10-9-15-5-1-4-8-19(15)23-16)28-14-13-24-21(26)17-6-2-3-7-18(17)22(24)27/h1-12H,13-14H2/b12-11+. The van der Waals surface area contributed by atoms with Crippen LogP contribution in [0.5, 0.6) is 0 Å². The molecule has 0 radical (unpaired) electrons. The van der Waals surface area contributed by atoms with Gasteiger partial charge in [0, 0.05) is 11.5 Å². The minimum atomic E-state index is -0.563. The summed E-state index contributed by atoms with van der Waals surface area (Å²) >= 11 is 0. The Labute approximate surface area is 161 Å². The number of benzene rings is 2. The molecular weight excluding hydrogens is 356 g/mol. The van der Waals surface area contributed by atoms with E-state index in [-0.39, 0.29) is 25.0 Å². The highest BCUT2D eigenvalue weighted by Crippen LogP contribution is 2.21. The lowest BCUT2D eigenvalue weighted by Crippen LogP contribution is -2.33. The van der Waals surface area contributed by atoms with Crippen LogP contribution in [0.2, 0.25) is 0 Å². The number of pyridine rings is 1. The number of hydrogen-bond acceptors (Lipinski definition) is 5. The monoisotopic (exact) mass is 372 g/mol. The van der Waals surface area contributed by atoms with Crippen molar-refractivity contribution in [1.29, 1.82) is 0 Å². The molecule has 0 spiro atoms. The molecule has 0 saturated heterocycles. The first-order valence-corrected chi connectivity index (χ1v) is 8.79. The number of esters is 1. The quantitative estimate of drug-likeness (QED) is 0.391. The van der Waals surface area contributed by atoms with Crippen molar-refractivity contribution in [2.75, 3.05) is 13.2 Å². The molecule has 2 heterocycles. The fraction of sp³-hybridized carbons (Fsp3) is 0.0909. The van der Waals surface area contributed by atoms with E-state index in [1.165, 1.54) is 6.08 Å². The Morgan fingerprint density at radius 2 is 1.61 bits per heavy atom. The van der Waals surface area contributed by atoms with E-state index in [1.54, 1.807) is 30.3 Å². The van der Waals surface area contributed by atoms with Crippen LogP contribution >= 0.6 is 0 Å². The molecular formula is C22H16N2O4. The van der Waals surface area contributed by atoms with Crippen molar-refractivity contribution in [2.24, 2.45) is 0 Å². The topological polar surface area (TPSA) is 76.6 Å².